The van der Waals surface area contributed by atoms with Crippen LogP contribution in [0.15, 0.2) is 0 Å². The number of fused-ring (bicyclic) bond motifs is 2. The number of carbonyl (C=O) groups excluding carboxylic acids is 1. The van der Waals surface area contributed by atoms with Crippen molar-refractivity contribution in [2.75, 3.05) is 32.7 Å². The summed E-state index contributed by atoms with van der Waals surface area (Å²) in [4.78, 5) is 17.6. The topological polar surface area (TPSA) is 35.6 Å². The minimum absolute atomic E-state index is 0.137. The highest BCUT2D eigenvalue weighted by molar-refractivity contribution is 5.83. The van der Waals surface area contributed by atoms with Crippen LogP contribution >= 0.6 is 0 Å². The van der Waals surface area contributed by atoms with Gasteiger partial charge < -0.3 is 10.2 Å². The molecule has 0 aromatic carbocycles. The molecule has 4 heteroatoms. The summed E-state index contributed by atoms with van der Waals surface area (Å²) in [6.07, 6.45) is 7.90. The molecule has 0 radical (unpaired) electrons. The molecule has 1 aliphatic carbocycles. The van der Waals surface area contributed by atoms with Crippen LogP contribution in [0.3, 0.4) is 0 Å². The van der Waals surface area contributed by atoms with Crippen LogP contribution in [0.5, 0.6) is 0 Å². The third-order valence-corrected chi connectivity index (χ3v) is 6.16. The first-order chi connectivity index (χ1) is 9.83. The van der Waals surface area contributed by atoms with E-state index in [4.69, 9.17) is 0 Å². The van der Waals surface area contributed by atoms with Crippen molar-refractivity contribution in [2.45, 2.75) is 50.6 Å². The molecule has 4 unspecified atom stereocenters. The molecule has 3 saturated heterocycles. The Morgan fingerprint density at radius 1 is 1.00 bits per heavy atom. The molecule has 20 heavy (non-hydrogen) atoms. The van der Waals surface area contributed by atoms with E-state index in [0.717, 1.165) is 32.1 Å². The lowest BCUT2D eigenvalue weighted by atomic mass is 9.92. The molecule has 0 spiro atoms. The van der Waals surface area contributed by atoms with E-state index in [1.807, 2.05) is 0 Å². The van der Waals surface area contributed by atoms with Gasteiger partial charge in [0.25, 0.3) is 0 Å². The Kier molecular flexibility index (Phi) is 3.47. The van der Waals surface area contributed by atoms with Gasteiger partial charge in [-0.3, -0.25) is 9.69 Å². The molecule has 0 bridgehead atoms. The van der Waals surface area contributed by atoms with Gasteiger partial charge in [-0.2, -0.15) is 0 Å². The maximum Gasteiger partial charge on any atom is 0.240 e. The molecule has 1 saturated carbocycles. The zero-order chi connectivity index (χ0) is 13.5. The number of piperidine rings is 1. The Bertz CT molecular complexity index is 386. The second kappa shape index (κ2) is 5.30. The molecule has 4 nitrogen and oxygen atoms in total. The number of nitrogens with one attached hydrogen (secondary N) is 1. The van der Waals surface area contributed by atoms with Crippen LogP contribution in [-0.2, 0) is 4.79 Å². The standard InChI is InChI=1S/C16H27N3O/c20-16(15-14-6-3-4-12(14)10-17-15)19-9-8-18-7-2-1-5-13(18)11-19/h12-15,17H,1-11H2. The molecule has 4 aliphatic rings. The molecule has 4 rings (SSSR count). The zero-order valence-electron chi connectivity index (χ0n) is 12.4. The van der Waals surface area contributed by atoms with E-state index in [2.05, 4.69) is 15.1 Å². The van der Waals surface area contributed by atoms with Crippen LogP contribution in [-0.4, -0.2) is 60.5 Å². The smallest absolute Gasteiger partial charge is 0.240 e. The van der Waals surface area contributed by atoms with Gasteiger partial charge in [0.1, 0.15) is 0 Å². The fourth-order valence-electron chi connectivity index (χ4n) is 5.01. The summed E-state index contributed by atoms with van der Waals surface area (Å²) >= 11 is 0. The van der Waals surface area contributed by atoms with Crippen molar-refractivity contribution in [3.8, 4) is 0 Å². The predicted molar refractivity (Wildman–Crippen MR) is 78.4 cm³/mol. The van der Waals surface area contributed by atoms with Crippen LogP contribution in [0.2, 0.25) is 0 Å². The van der Waals surface area contributed by atoms with Crippen molar-refractivity contribution in [3.63, 3.8) is 0 Å². The lowest BCUT2D eigenvalue weighted by Crippen LogP contribution is -2.59. The molecule has 4 atom stereocenters. The average Bonchev–Trinajstić information content (AvgIpc) is 3.09. The second-order valence-electron chi connectivity index (χ2n) is 7.21. The lowest BCUT2D eigenvalue weighted by molar-refractivity contribution is -0.137. The highest BCUT2D eigenvalue weighted by atomic mass is 16.2. The van der Waals surface area contributed by atoms with Crippen molar-refractivity contribution in [2.24, 2.45) is 11.8 Å². The van der Waals surface area contributed by atoms with E-state index in [1.165, 1.54) is 45.1 Å². The Morgan fingerprint density at radius 2 is 1.95 bits per heavy atom. The maximum absolute atomic E-state index is 12.9. The number of nitrogens with zero attached hydrogens (tertiary/aromatic N) is 2. The van der Waals surface area contributed by atoms with Gasteiger partial charge in [-0.1, -0.05) is 12.8 Å². The number of hydrogen-bond donors (Lipinski definition) is 1. The van der Waals surface area contributed by atoms with Crippen molar-refractivity contribution in [3.05, 3.63) is 0 Å². The molecule has 112 valence electrons. The predicted octanol–water partition coefficient (Wildman–Crippen LogP) is 1.07. The van der Waals surface area contributed by atoms with Crippen LogP contribution in [0, 0.1) is 11.8 Å². The molecule has 3 aliphatic heterocycles. The van der Waals surface area contributed by atoms with Crippen molar-refractivity contribution < 1.29 is 4.79 Å². The van der Waals surface area contributed by atoms with Gasteiger partial charge in [-0.15, -0.1) is 0 Å². The molecular formula is C16H27N3O. The Balaban J connectivity index is 1.41. The van der Waals surface area contributed by atoms with Gasteiger partial charge in [-0.05, 0) is 50.6 Å². The summed E-state index contributed by atoms with van der Waals surface area (Å²) < 4.78 is 0. The minimum Gasteiger partial charge on any atom is -0.338 e. The van der Waals surface area contributed by atoms with Gasteiger partial charge >= 0.3 is 0 Å². The molecular weight excluding hydrogens is 250 g/mol. The Morgan fingerprint density at radius 3 is 2.90 bits per heavy atom. The van der Waals surface area contributed by atoms with Gasteiger partial charge in [0, 0.05) is 25.7 Å². The Labute approximate surface area is 121 Å². The Hall–Kier alpha value is -0.610. The average molecular weight is 277 g/mol. The molecule has 1 N–H and O–H groups in total. The fourth-order valence-corrected chi connectivity index (χ4v) is 5.01. The minimum atomic E-state index is 0.137. The van der Waals surface area contributed by atoms with E-state index in [-0.39, 0.29) is 6.04 Å². The van der Waals surface area contributed by atoms with Gasteiger partial charge in [0.2, 0.25) is 5.91 Å². The lowest BCUT2D eigenvalue weighted by Gasteiger charge is -2.44. The molecule has 4 fully saturated rings. The van der Waals surface area contributed by atoms with Crippen LogP contribution < -0.4 is 5.32 Å². The van der Waals surface area contributed by atoms with Gasteiger partial charge in [-0.25, -0.2) is 0 Å². The van der Waals surface area contributed by atoms with Crippen LogP contribution in [0.25, 0.3) is 0 Å². The summed E-state index contributed by atoms with van der Waals surface area (Å²) in [5.41, 5.74) is 0. The normalized spacial score (nSPS) is 41.5. The van der Waals surface area contributed by atoms with Gasteiger partial charge in [0.05, 0.1) is 6.04 Å². The van der Waals surface area contributed by atoms with E-state index in [0.29, 0.717) is 17.9 Å². The molecule has 0 aromatic rings. The first-order valence-electron chi connectivity index (χ1n) is 8.59. The number of carbonyl (C=O) groups is 1. The molecule has 0 aromatic heterocycles. The summed E-state index contributed by atoms with van der Waals surface area (Å²) in [7, 11) is 0. The summed E-state index contributed by atoms with van der Waals surface area (Å²) in [5, 5.41) is 3.52. The highest BCUT2D eigenvalue weighted by Crippen LogP contribution is 2.38. The monoisotopic (exact) mass is 277 g/mol. The summed E-state index contributed by atoms with van der Waals surface area (Å²) in [6, 6.07) is 0.778. The molecule has 3 heterocycles. The van der Waals surface area contributed by atoms with Crippen molar-refractivity contribution in [1.29, 1.82) is 0 Å². The first kappa shape index (κ1) is 13.1. The molecule has 1 amide bonds. The second-order valence-corrected chi connectivity index (χ2v) is 7.21. The third-order valence-electron chi connectivity index (χ3n) is 6.16. The number of rotatable bonds is 1. The number of hydrogen-bond acceptors (Lipinski definition) is 3. The van der Waals surface area contributed by atoms with Crippen molar-refractivity contribution >= 4 is 5.91 Å². The zero-order valence-corrected chi connectivity index (χ0v) is 12.4. The maximum atomic E-state index is 12.9. The highest BCUT2D eigenvalue weighted by Gasteiger charge is 2.44. The van der Waals surface area contributed by atoms with Crippen molar-refractivity contribution in [1.82, 2.24) is 15.1 Å². The van der Waals surface area contributed by atoms with E-state index < -0.39 is 0 Å². The van der Waals surface area contributed by atoms with E-state index in [1.54, 1.807) is 0 Å². The SMILES string of the molecule is O=C(C1NCC2CCCC21)N1CCN2CCCCC2C1. The first-order valence-corrected chi connectivity index (χ1v) is 8.59. The van der Waals surface area contributed by atoms with E-state index >= 15 is 0 Å². The largest absolute Gasteiger partial charge is 0.338 e. The summed E-state index contributed by atoms with van der Waals surface area (Å²) in [5.74, 6) is 1.82. The number of amides is 1. The summed E-state index contributed by atoms with van der Waals surface area (Å²) in [6.45, 7) is 5.35. The number of piperazine rings is 1. The fraction of sp³-hybridized carbons (Fsp3) is 0.938. The third kappa shape index (κ3) is 2.17. The van der Waals surface area contributed by atoms with Crippen LogP contribution in [0.4, 0.5) is 0 Å². The van der Waals surface area contributed by atoms with E-state index in [9.17, 15) is 4.79 Å². The van der Waals surface area contributed by atoms with Gasteiger partial charge in [0.15, 0.2) is 0 Å². The quantitative estimate of drug-likeness (QED) is 0.779. The van der Waals surface area contributed by atoms with Crippen LogP contribution in [0.1, 0.15) is 38.5 Å².